The number of hydrogen-bond donors (Lipinski definition) is 3. The third-order valence-electron chi connectivity index (χ3n) is 3.64. The topological polar surface area (TPSA) is 67.1 Å². The SMILES string of the molecule is CC1(CNc2ccc(C(N)=O)c(Br)c2)CCCNC1. The molecular weight excluding hydrogens is 306 g/mol. The highest BCUT2D eigenvalue weighted by atomic mass is 79.9. The smallest absolute Gasteiger partial charge is 0.249 e. The molecule has 4 nitrogen and oxygen atoms in total. The molecule has 1 amide bonds. The first kappa shape index (κ1) is 14.3. The first-order valence-electron chi connectivity index (χ1n) is 6.54. The predicted molar refractivity (Wildman–Crippen MR) is 81.4 cm³/mol. The molecule has 0 aliphatic carbocycles. The summed E-state index contributed by atoms with van der Waals surface area (Å²) in [5.74, 6) is -0.415. The first-order valence-corrected chi connectivity index (χ1v) is 7.33. The number of nitrogens with two attached hydrogens (primary N) is 1. The predicted octanol–water partition coefficient (Wildman–Crippen LogP) is 2.35. The van der Waals surface area contributed by atoms with Gasteiger partial charge in [0, 0.05) is 23.2 Å². The summed E-state index contributed by atoms with van der Waals surface area (Å²) in [7, 11) is 0. The highest BCUT2D eigenvalue weighted by molar-refractivity contribution is 9.10. The van der Waals surface area contributed by atoms with Gasteiger partial charge in [-0.05, 0) is 58.9 Å². The highest BCUT2D eigenvalue weighted by Crippen LogP contribution is 2.27. The van der Waals surface area contributed by atoms with Gasteiger partial charge in [-0.25, -0.2) is 0 Å². The van der Waals surface area contributed by atoms with Crippen molar-refractivity contribution < 1.29 is 4.79 Å². The maximum atomic E-state index is 11.2. The van der Waals surface area contributed by atoms with Crippen LogP contribution in [-0.2, 0) is 0 Å². The third-order valence-corrected chi connectivity index (χ3v) is 4.30. The fourth-order valence-corrected chi connectivity index (χ4v) is 2.98. The van der Waals surface area contributed by atoms with Crippen LogP contribution in [0.3, 0.4) is 0 Å². The van der Waals surface area contributed by atoms with Crippen LogP contribution >= 0.6 is 15.9 Å². The van der Waals surface area contributed by atoms with Crippen molar-refractivity contribution in [2.75, 3.05) is 25.0 Å². The second kappa shape index (κ2) is 5.92. The summed E-state index contributed by atoms with van der Waals surface area (Å²) in [6.07, 6.45) is 2.45. The number of carbonyl (C=O) groups is 1. The average Bonchev–Trinajstić information content (AvgIpc) is 2.37. The summed E-state index contributed by atoms with van der Waals surface area (Å²) in [5.41, 5.74) is 7.08. The van der Waals surface area contributed by atoms with Gasteiger partial charge in [-0.1, -0.05) is 6.92 Å². The monoisotopic (exact) mass is 325 g/mol. The van der Waals surface area contributed by atoms with Gasteiger partial charge >= 0.3 is 0 Å². The van der Waals surface area contributed by atoms with E-state index in [1.807, 2.05) is 12.1 Å². The molecule has 0 bridgehead atoms. The molecule has 1 unspecified atom stereocenters. The molecule has 1 saturated heterocycles. The number of rotatable bonds is 4. The van der Waals surface area contributed by atoms with Crippen LogP contribution in [0.2, 0.25) is 0 Å². The maximum absolute atomic E-state index is 11.2. The second-order valence-electron chi connectivity index (χ2n) is 5.50. The second-order valence-corrected chi connectivity index (χ2v) is 6.36. The van der Waals surface area contributed by atoms with Crippen LogP contribution in [0.5, 0.6) is 0 Å². The molecule has 1 heterocycles. The summed E-state index contributed by atoms with van der Waals surface area (Å²) in [6, 6.07) is 5.54. The number of primary amides is 1. The van der Waals surface area contributed by atoms with Crippen LogP contribution in [0.15, 0.2) is 22.7 Å². The lowest BCUT2D eigenvalue weighted by Crippen LogP contribution is -2.42. The fourth-order valence-electron chi connectivity index (χ4n) is 2.41. The summed E-state index contributed by atoms with van der Waals surface area (Å²) in [4.78, 5) is 11.2. The molecule has 5 heteroatoms. The maximum Gasteiger partial charge on any atom is 0.249 e. The molecule has 1 aromatic carbocycles. The fraction of sp³-hybridized carbons (Fsp3) is 0.500. The number of piperidine rings is 1. The highest BCUT2D eigenvalue weighted by Gasteiger charge is 2.26. The molecule has 1 aliphatic rings. The summed E-state index contributed by atoms with van der Waals surface area (Å²) < 4.78 is 0.733. The van der Waals surface area contributed by atoms with Crippen molar-refractivity contribution in [1.82, 2.24) is 5.32 Å². The van der Waals surface area contributed by atoms with Gasteiger partial charge in [0.05, 0.1) is 5.56 Å². The average molecular weight is 326 g/mol. The number of halogens is 1. The Morgan fingerprint density at radius 3 is 2.95 bits per heavy atom. The molecule has 1 aromatic rings. The van der Waals surface area contributed by atoms with Crippen molar-refractivity contribution in [3.05, 3.63) is 28.2 Å². The van der Waals surface area contributed by atoms with E-state index < -0.39 is 5.91 Å². The van der Waals surface area contributed by atoms with E-state index in [1.54, 1.807) is 6.07 Å². The molecule has 4 N–H and O–H groups in total. The van der Waals surface area contributed by atoms with E-state index in [4.69, 9.17) is 5.73 Å². The number of amides is 1. The summed E-state index contributed by atoms with van der Waals surface area (Å²) in [5, 5.41) is 6.88. The zero-order chi connectivity index (χ0) is 13.9. The van der Waals surface area contributed by atoms with Crippen molar-refractivity contribution in [2.45, 2.75) is 19.8 Å². The molecule has 1 aliphatic heterocycles. The van der Waals surface area contributed by atoms with Crippen LogP contribution < -0.4 is 16.4 Å². The van der Waals surface area contributed by atoms with Crippen LogP contribution in [0.1, 0.15) is 30.1 Å². The number of hydrogen-bond acceptors (Lipinski definition) is 3. The minimum Gasteiger partial charge on any atom is -0.384 e. The Bertz CT molecular complexity index is 470. The van der Waals surface area contributed by atoms with Gasteiger partial charge in [0.1, 0.15) is 0 Å². The van der Waals surface area contributed by atoms with E-state index >= 15 is 0 Å². The van der Waals surface area contributed by atoms with Gasteiger partial charge in [-0.2, -0.15) is 0 Å². The van der Waals surface area contributed by atoms with Crippen LogP contribution in [0, 0.1) is 5.41 Å². The Balaban J connectivity index is 2.00. The van der Waals surface area contributed by atoms with Crippen molar-refractivity contribution in [2.24, 2.45) is 11.1 Å². The van der Waals surface area contributed by atoms with Crippen LogP contribution in [0.25, 0.3) is 0 Å². The van der Waals surface area contributed by atoms with Gasteiger partial charge in [0.15, 0.2) is 0 Å². The van der Waals surface area contributed by atoms with Crippen molar-refractivity contribution in [3.8, 4) is 0 Å². The van der Waals surface area contributed by atoms with Crippen molar-refractivity contribution in [1.29, 1.82) is 0 Å². The number of carbonyl (C=O) groups excluding carboxylic acids is 1. The minimum atomic E-state index is -0.415. The Hall–Kier alpha value is -1.07. The third kappa shape index (κ3) is 3.70. The molecule has 2 rings (SSSR count). The van der Waals surface area contributed by atoms with Crippen molar-refractivity contribution >= 4 is 27.5 Å². The molecule has 0 radical (unpaired) electrons. The number of benzene rings is 1. The van der Waals surface area contributed by atoms with E-state index in [2.05, 4.69) is 33.5 Å². The van der Waals surface area contributed by atoms with Crippen molar-refractivity contribution in [3.63, 3.8) is 0 Å². The van der Waals surface area contributed by atoms with Gasteiger partial charge in [-0.15, -0.1) is 0 Å². The molecule has 0 saturated carbocycles. The standard InChI is InChI=1S/C14H20BrN3O/c1-14(5-2-6-17-8-14)9-18-10-3-4-11(13(16)19)12(15)7-10/h3-4,7,17-18H,2,5-6,8-9H2,1H3,(H2,16,19). The number of anilines is 1. The largest absolute Gasteiger partial charge is 0.384 e. The Kier molecular flexibility index (Phi) is 4.47. The lowest BCUT2D eigenvalue weighted by molar-refractivity contribution is 0.0999. The lowest BCUT2D eigenvalue weighted by atomic mass is 9.83. The van der Waals surface area contributed by atoms with E-state index in [9.17, 15) is 4.79 Å². The lowest BCUT2D eigenvalue weighted by Gasteiger charge is -2.34. The normalized spacial score (nSPS) is 23.1. The van der Waals surface area contributed by atoms with Gasteiger partial charge in [0.2, 0.25) is 5.91 Å². The molecule has 1 atom stereocenters. The summed E-state index contributed by atoms with van der Waals surface area (Å²) in [6.45, 7) is 5.37. The molecular formula is C14H20BrN3O. The van der Waals surface area contributed by atoms with E-state index in [-0.39, 0.29) is 5.41 Å². The summed E-state index contributed by atoms with van der Waals surface area (Å²) >= 11 is 3.37. The van der Waals surface area contributed by atoms with Gasteiger partial charge in [0.25, 0.3) is 0 Å². The molecule has 1 fully saturated rings. The van der Waals surface area contributed by atoms with Gasteiger partial charge in [-0.3, -0.25) is 4.79 Å². The van der Waals surface area contributed by atoms with E-state index in [1.165, 1.54) is 12.8 Å². The van der Waals surface area contributed by atoms with Crippen LogP contribution in [-0.4, -0.2) is 25.5 Å². The molecule has 104 valence electrons. The quantitative estimate of drug-likeness (QED) is 0.796. The molecule has 19 heavy (non-hydrogen) atoms. The zero-order valence-corrected chi connectivity index (χ0v) is 12.7. The van der Waals surface area contributed by atoms with Gasteiger partial charge < -0.3 is 16.4 Å². The Labute approximate surface area is 122 Å². The number of nitrogens with one attached hydrogen (secondary N) is 2. The Morgan fingerprint density at radius 1 is 1.58 bits per heavy atom. The van der Waals surface area contributed by atoms with Crippen LogP contribution in [0.4, 0.5) is 5.69 Å². The Morgan fingerprint density at radius 2 is 2.37 bits per heavy atom. The van der Waals surface area contributed by atoms with E-state index in [0.717, 1.165) is 29.8 Å². The van der Waals surface area contributed by atoms with E-state index in [0.29, 0.717) is 5.56 Å². The first-order chi connectivity index (χ1) is 9.00. The zero-order valence-electron chi connectivity index (χ0n) is 11.1. The minimum absolute atomic E-state index is 0.285. The molecule has 0 aromatic heterocycles. The molecule has 0 spiro atoms.